The third-order valence-electron chi connectivity index (χ3n) is 6.60. The van der Waals surface area contributed by atoms with Gasteiger partial charge in [0.15, 0.2) is 0 Å². The summed E-state index contributed by atoms with van der Waals surface area (Å²) in [5, 5.41) is 1.58. The monoisotopic (exact) mass is 503 g/mol. The summed E-state index contributed by atoms with van der Waals surface area (Å²) in [6, 6.07) is 15.9. The van der Waals surface area contributed by atoms with E-state index in [1.807, 2.05) is 23.1 Å². The maximum atomic E-state index is 13.1. The van der Waals surface area contributed by atoms with Crippen LogP contribution in [0.15, 0.2) is 65.6 Å². The first kappa shape index (κ1) is 23.5. The molecule has 3 aromatic rings. The predicted octanol–water partition coefficient (Wildman–Crippen LogP) is 4.50. The fraction of sp³-hybridized carbons (Fsp3) is 0.320. The fourth-order valence-corrected chi connectivity index (χ4v) is 6.57. The van der Waals surface area contributed by atoms with Gasteiger partial charge >= 0.3 is 6.18 Å². The standard InChI is InChI=1S/C25H24F3N3O3S/c26-25(27,28)19-7-3-8-20(17-19)29-13-15-30(16-14-29)23(32)11-4-12-31-21-9-1-5-18-6-2-10-22(24(18)21)35(31,33)34/h1-3,5-10,17H,4,11-16H2. The molecule has 5 rings (SSSR count). The highest BCUT2D eigenvalue weighted by Crippen LogP contribution is 2.42. The summed E-state index contributed by atoms with van der Waals surface area (Å²) >= 11 is 0. The molecule has 0 N–H and O–H groups in total. The molecule has 184 valence electrons. The van der Waals surface area contributed by atoms with Crippen LogP contribution >= 0.6 is 0 Å². The Hall–Kier alpha value is -3.27. The zero-order chi connectivity index (χ0) is 24.8. The van der Waals surface area contributed by atoms with Crippen molar-refractivity contribution in [2.75, 3.05) is 41.9 Å². The van der Waals surface area contributed by atoms with E-state index in [9.17, 15) is 26.4 Å². The lowest BCUT2D eigenvalue weighted by Gasteiger charge is -2.36. The Kier molecular flexibility index (Phi) is 5.86. The first-order valence-corrected chi connectivity index (χ1v) is 12.8. The summed E-state index contributed by atoms with van der Waals surface area (Å²) in [5.74, 6) is -0.0824. The SMILES string of the molecule is O=C(CCCN1c2cccc3cccc(c23)S1(=O)=O)N1CCN(c2cccc(C(F)(F)F)c2)CC1. The maximum Gasteiger partial charge on any atom is 0.416 e. The molecule has 2 aliphatic heterocycles. The summed E-state index contributed by atoms with van der Waals surface area (Å²) in [5.41, 5.74) is 0.434. The summed E-state index contributed by atoms with van der Waals surface area (Å²) < 4.78 is 66.5. The van der Waals surface area contributed by atoms with Crippen molar-refractivity contribution in [3.63, 3.8) is 0 Å². The lowest BCUT2D eigenvalue weighted by molar-refractivity contribution is -0.137. The van der Waals surface area contributed by atoms with E-state index in [0.717, 1.165) is 17.5 Å². The molecule has 0 atom stereocenters. The van der Waals surface area contributed by atoms with E-state index in [2.05, 4.69) is 0 Å². The number of rotatable bonds is 5. The first-order chi connectivity index (χ1) is 16.7. The van der Waals surface area contributed by atoms with E-state index in [1.165, 1.54) is 10.4 Å². The average Bonchev–Trinajstić information content (AvgIpc) is 3.07. The minimum Gasteiger partial charge on any atom is -0.368 e. The molecule has 1 amide bonds. The number of amides is 1. The second-order valence-corrected chi connectivity index (χ2v) is 10.6. The summed E-state index contributed by atoms with van der Waals surface area (Å²) in [4.78, 5) is 16.6. The van der Waals surface area contributed by atoms with Gasteiger partial charge in [-0.25, -0.2) is 8.42 Å². The third-order valence-corrected chi connectivity index (χ3v) is 8.46. The molecule has 3 aromatic carbocycles. The van der Waals surface area contributed by atoms with Crippen LogP contribution in [-0.2, 0) is 21.0 Å². The van der Waals surface area contributed by atoms with Crippen molar-refractivity contribution in [3.05, 3.63) is 66.2 Å². The Morgan fingerprint density at radius 2 is 1.60 bits per heavy atom. The van der Waals surface area contributed by atoms with Crippen LogP contribution in [-0.4, -0.2) is 51.9 Å². The quantitative estimate of drug-likeness (QED) is 0.515. The third kappa shape index (κ3) is 4.31. The van der Waals surface area contributed by atoms with Crippen LogP contribution in [0.1, 0.15) is 18.4 Å². The number of nitrogens with zero attached hydrogens (tertiary/aromatic N) is 3. The van der Waals surface area contributed by atoms with Gasteiger partial charge in [-0.2, -0.15) is 13.2 Å². The number of alkyl halides is 3. The van der Waals surface area contributed by atoms with E-state index < -0.39 is 21.8 Å². The summed E-state index contributed by atoms with van der Waals surface area (Å²) in [7, 11) is -3.65. The van der Waals surface area contributed by atoms with Crippen LogP contribution < -0.4 is 9.21 Å². The fourth-order valence-electron chi connectivity index (χ4n) is 4.82. The Morgan fingerprint density at radius 1 is 0.914 bits per heavy atom. The van der Waals surface area contributed by atoms with Crippen molar-refractivity contribution in [2.45, 2.75) is 23.9 Å². The van der Waals surface area contributed by atoms with Crippen LogP contribution in [0, 0.1) is 0 Å². The molecule has 2 aliphatic rings. The number of sulfonamides is 1. The molecular formula is C25H24F3N3O3S. The molecule has 0 saturated carbocycles. The lowest BCUT2D eigenvalue weighted by atomic mass is 10.1. The van der Waals surface area contributed by atoms with Gasteiger partial charge in [-0.05, 0) is 42.1 Å². The van der Waals surface area contributed by atoms with E-state index in [0.29, 0.717) is 54.3 Å². The van der Waals surface area contributed by atoms with Crippen molar-refractivity contribution in [1.82, 2.24) is 4.90 Å². The smallest absolute Gasteiger partial charge is 0.368 e. The maximum absolute atomic E-state index is 13.1. The lowest BCUT2D eigenvalue weighted by Crippen LogP contribution is -2.49. The number of anilines is 2. The summed E-state index contributed by atoms with van der Waals surface area (Å²) in [6.07, 6.45) is -3.83. The van der Waals surface area contributed by atoms with Gasteiger partial charge in [0, 0.05) is 50.2 Å². The van der Waals surface area contributed by atoms with Gasteiger partial charge < -0.3 is 9.80 Å². The highest BCUT2D eigenvalue weighted by Gasteiger charge is 2.35. The van der Waals surface area contributed by atoms with Gasteiger partial charge in [-0.1, -0.05) is 30.3 Å². The van der Waals surface area contributed by atoms with Crippen molar-refractivity contribution in [2.24, 2.45) is 0 Å². The molecule has 0 aliphatic carbocycles. The van der Waals surface area contributed by atoms with Crippen molar-refractivity contribution in [1.29, 1.82) is 0 Å². The van der Waals surface area contributed by atoms with Crippen LogP contribution in [0.4, 0.5) is 24.5 Å². The highest BCUT2D eigenvalue weighted by molar-refractivity contribution is 7.93. The molecule has 1 fully saturated rings. The zero-order valence-corrected chi connectivity index (χ0v) is 19.6. The van der Waals surface area contributed by atoms with Crippen molar-refractivity contribution >= 4 is 38.1 Å². The van der Waals surface area contributed by atoms with E-state index in [-0.39, 0.29) is 18.9 Å². The number of piperazine rings is 1. The first-order valence-electron chi connectivity index (χ1n) is 11.4. The minimum atomic E-state index is -4.40. The molecule has 0 aromatic heterocycles. The topological polar surface area (TPSA) is 60.9 Å². The molecule has 35 heavy (non-hydrogen) atoms. The molecule has 2 heterocycles. The van der Waals surface area contributed by atoms with Gasteiger partial charge in [-0.3, -0.25) is 9.10 Å². The van der Waals surface area contributed by atoms with Gasteiger partial charge in [-0.15, -0.1) is 0 Å². The van der Waals surface area contributed by atoms with Gasteiger partial charge in [0.2, 0.25) is 5.91 Å². The number of halogens is 3. The van der Waals surface area contributed by atoms with Gasteiger partial charge in [0.05, 0.1) is 16.1 Å². The Labute approximate surface area is 201 Å². The van der Waals surface area contributed by atoms with Crippen molar-refractivity contribution in [3.8, 4) is 0 Å². The van der Waals surface area contributed by atoms with Crippen LogP contribution in [0.2, 0.25) is 0 Å². The zero-order valence-electron chi connectivity index (χ0n) is 18.8. The number of hydrogen-bond acceptors (Lipinski definition) is 4. The Balaban J connectivity index is 1.17. The largest absolute Gasteiger partial charge is 0.416 e. The van der Waals surface area contributed by atoms with Gasteiger partial charge in [0.25, 0.3) is 10.0 Å². The normalized spacial score (nSPS) is 17.3. The van der Waals surface area contributed by atoms with Crippen LogP contribution in [0.25, 0.3) is 10.8 Å². The minimum absolute atomic E-state index is 0.0824. The average molecular weight is 504 g/mol. The molecular weight excluding hydrogens is 479 g/mol. The van der Waals surface area contributed by atoms with Crippen LogP contribution in [0.5, 0.6) is 0 Å². The second kappa shape index (κ2) is 8.75. The second-order valence-electron chi connectivity index (χ2n) is 8.73. The molecule has 1 saturated heterocycles. The summed E-state index contributed by atoms with van der Waals surface area (Å²) in [6.45, 7) is 1.88. The number of carbonyl (C=O) groups excluding carboxylic acids is 1. The Morgan fingerprint density at radius 3 is 2.31 bits per heavy atom. The highest BCUT2D eigenvalue weighted by atomic mass is 32.2. The Bertz CT molecular complexity index is 1380. The number of benzene rings is 3. The molecule has 6 nitrogen and oxygen atoms in total. The number of carbonyl (C=O) groups is 1. The molecule has 0 unspecified atom stereocenters. The van der Waals surface area contributed by atoms with E-state index >= 15 is 0 Å². The molecule has 0 bridgehead atoms. The molecule has 10 heteroatoms. The van der Waals surface area contributed by atoms with Gasteiger partial charge in [0.1, 0.15) is 0 Å². The van der Waals surface area contributed by atoms with Crippen LogP contribution in [0.3, 0.4) is 0 Å². The molecule has 0 radical (unpaired) electrons. The van der Waals surface area contributed by atoms with Crippen molar-refractivity contribution < 1.29 is 26.4 Å². The predicted molar refractivity (Wildman–Crippen MR) is 128 cm³/mol. The van der Waals surface area contributed by atoms with E-state index in [1.54, 1.807) is 29.2 Å². The van der Waals surface area contributed by atoms with E-state index in [4.69, 9.17) is 0 Å². The molecule has 0 spiro atoms. The number of hydrogen-bond donors (Lipinski definition) is 0.